The van der Waals surface area contributed by atoms with Gasteiger partial charge in [0.05, 0.1) is 12.8 Å². The summed E-state index contributed by atoms with van der Waals surface area (Å²) in [6.45, 7) is 1.87. The van der Waals surface area contributed by atoms with Gasteiger partial charge in [-0.2, -0.15) is 0 Å². The molecule has 0 bridgehead atoms. The zero-order valence-corrected chi connectivity index (χ0v) is 17.8. The van der Waals surface area contributed by atoms with E-state index in [1.54, 1.807) is 25.4 Å². The summed E-state index contributed by atoms with van der Waals surface area (Å²) in [7, 11) is 1.71. The lowest BCUT2D eigenvalue weighted by molar-refractivity contribution is 0.0953. The van der Waals surface area contributed by atoms with Crippen LogP contribution >= 0.6 is 39.9 Å². The lowest BCUT2D eigenvalue weighted by Gasteiger charge is -2.11. The number of nitrogens with zero attached hydrogens (tertiary/aromatic N) is 1. The topological polar surface area (TPSA) is 78.7 Å². The van der Waals surface area contributed by atoms with E-state index in [1.807, 2.05) is 24.3 Å². The van der Waals surface area contributed by atoms with Crippen LogP contribution in [0.2, 0.25) is 0 Å². The summed E-state index contributed by atoms with van der Waals surface area (Å²) < 4.78 is 6.14. The molecule has 6 nitrogen and oxygen atoms in total. The molecular weight excluding hydrogens is 499 g/mol. The summed E-state index contributed by atoms with van der Waals surface area (Å²) in [5.41, 5.74) is 0.647. The van der Waals surface area contributed by atoms with Crippen LogP contribution in [0.1, 0.15) is 22.5 Å². The third-order valence-corrected chi connectivity index (χ3v) is 3.75. The van der Waals surface area contributed by atoms with E-state index in [2.05, 4.69) is 36.9 Å². The van der Waals surface area contributed by atoms with Crippen molar-refractivity contribution in [2.45, 2.75) is 13.0 Å². The molecule has 0 saturated carbocycles. The lowest BCUT2D eigenvalue weighted by atomic mass is 10.2. The molecule has 1 amide bonds. The molecule has 0 atom stereocenters. The maximum Gasteiger partial charge on any atom is 0.251 e. The van der Waals surface area contributed by atoms with Gasteiger partial charge in [-0.15, -0.1) is 24.0 Å². The number of hydrogen-bond donors (Lipinski definition) is 3. The van der Waals surface area contributed by atoms with Gasteiger partial charge in [0.15, 0.2) is 5.96 Å². The van der Waals surface area contributed by atoms with Gasteiger partial charge in [0, 0.05) is 30.2 Å². The SMILES string of the molecule is CN=C(NCCCNC(=O)c1cccc(Br)c1)NCc1ccco1.I. The number of nitrogens with one attached hydrogen (secondary N) is 3. The van der Waals surface area contributed by atoms with Crippen LogP contribution in [0, 0.1) is 0 Å². The van der Waals surface area contributed by atoms with Crippen LogP contribution in [0.5, 0.6) is 0 Å². The normalized spacial score (nSPS) is 10.7. The summed E-state index contributed by atoms with van der Waals surface area (Å²) in [6.07, 6.45) is 2.43. The second-order valence-corrected chi connectivity index (χ2v) is 5.97. The fraction of sp³-hybridized carbons (Fsp3) is 0.294. The third kappa shape index (κ3) is 7.91. The van der Waals surface area contributed by atoms with E-state index in [9.17, 15) is 4.79 Å². The summed E-state index contributed by atoms with van der Waals surface area (Å²) in [5, 5.41) is 9.25. The van der Waals surface area contributed by atoms with Gasteiger partial charge in [-0.3, -0.25) is 9.79 Å². The molecule has 0 unspecified atom stereocenters. The molecule has 0 fully saturated rings. The summed E-state index contributed by atoms with van der Waals surface area (Å²) >= 11 is 3.36. The number of guanidine groups is 1. The molecule has 2 aromatic rings. The molecule has 25 heavy (non-hydrogen) atoms. The number of halogens is 2. The largest absolute Gasteiger partial charge is 0.467 e. The Morgan fingerprint density at radius 2 is 1.96 bits per heavy atom. The Kier molecular flexibility index (Phi) is 10.2. The molecule has 136 valence electrons. The van der Waals surface area contributed by atoms with E-state index in [0.29, 0.717) is 31.2 Å². The zero-order chi connectivity index (χ0) is 17.2. The van der Waals surface area contributed by atoms with Crippen molar-refractivity contribution < 1.29 is 9.21 Å². The number of aliphatic imine (C=N–C) groups is 1. The van der Waals surface area contributed by atoms with E-state index >= 15 is 0 Å². The number of carbonyl (C=O) groups is 1. The van der Waals surface area contributed by atoms with Gasteiger partial charge in [0.2, 0.25) is 0 Å². The van der Waals surface area contributed by atoms with Crippen LogP contribution < -0.4 is 16.0 Å². The van der Waals surface area contributed by atoms with Crippen molar-refractivity contribution in [1.29, 1.82) is 0 Å². The van der Waals surface area contributed by atoms with E-state index in [4.69, 9.17) is 4.42 Å². The van der Waals surface area contributed by atoms with Crippen molar-refractivity contribution in [2.24, 2.45) is 4.99 Å². The average molecular weight is 521 g/mol. The molecule has 0 aliphatic rings. The fourth-order valence-corrected chi connectivity index (χ4v) is 2.43. The van der Waals surface area contributed by atoms with Crippen LogP contribution in [0.4, 0.5) is 0 Å². The predicted molar refractivity (Wildman–Crippen MR) is 113 cm³/mol. The number of rotatable bonds is 7. The van der Waals surface area contributed by atoms with Gasteiger partial charge < -0.3 is 20.4 Å². The van der Waals surface area contributed by atoms with Gasteiger partial charge in [0.1, 0.15) is 5.76 Å². The van der Waals surface area contributed by atoms with Crippen molar-refractivity contribution in [3.63, 3.8) is 0 Å². The first-order valence-electron chi connectivity index (χ1n) is 7.69. The number of benzene rings is 1. The highest BCUT2D eigenvalue weighted by Crippen LogP contribution is 2.11. The minimum Gasteiger partial charge on any atom is -0.467 e. The van der Waals surface area contributed by atoms with Gasteiger partial charge in [0.25, 0.3) is 5.91 Å². The maximum absolute atomic E-state index is 12.0. The Labute approximate surface area is 173 Å². The van der Waals surface area contributed by atoms with Gasteiger partial charge >= 0.3 is 0 Å². The summed E-state index contributed by atoms with van der Waals surface area (Å²) in [4.78, 5) is 16.1. The summed E-state index contributed by atoms with van der Waals surface area (Å²) in [5.74, 6) is 1.47. The number of carbonyl (C=O) groups excluding carboxylic acids is 1. The fourth-order valence-electron chi connectivity index (χ4n) is 2.03. The van der Waals surface area contributed by atoms with Gasteiger partial charge in [-0.25, -0.2) is 0 Å². The van der Waals surface area contributed by atoms with Crippen LogP contribution in [-0.4, -0.2) is 32.0 Å². The van der Waals surface area contributed by atoms with E-state index in [1.165, 1.54) is 0 Å². The first kappa shape index (κ1) is 21.5. The smallest absolute Gasteiger partial charge is 0.251 e. The number of amides is 1. The molecule has 0 aliphatic heterocycles. The van der Waals surface area contributed by atoms with Crippen molar-refractivity contribution >= 4 is 51.8 Å². The Morgan fingerprint density at radius 1 is 1.16 bits per heavy atom. The van der Waals surface area contributed by atoms with Crippen molar-refractivity contribution in [3.8, 4) is 0 Å². The van der Waals surface area contributed by atoms with E-state index < -0.39 is 0 Å². The maximum atomic E-state index is 12.0. The average Bonchev–Trinajstić information content (AvgIpc) is 3.10. The number of furan rings is 1. The molecule has 1 aromatic carbocycles. The molecule has 0 radical (unpaired) electrons. The Morgan fingerprint density at radius 3 is 2.64 bits per heavy atom. The Hall–Kier alpha value is -1.55. The second kappa shape index (κ2) is 11.9. The molecule has 0 saturated heterocycles. The summed E-state index contributed by atoms with van der Waals surface area (Å²) in [6, 6.07) is 11.1. The highest BCUT2D eigenvalue weighted by Gasteiger charge is 2.05. The first-order valence-corrected chi connectivity index (χ1v) is 8.49. The number of hydrogen-bond acceptors (Lipinski definition) is 3. The highest BCUT2D eigenvalue weighted by atomic mass is 127. The molecule has 0 spiro atoms. The van der Waals surface area contributed by atoms with Crippen LogP contribution in [0.25, 0.3) is 0 Å². The predicted octanol–water partition coefficient (Wildman–Crippen LogP) is 3.15. The third-order valence-electron chi connectivity index (χ3n) is 3.25. The standard InChI is InChI=1S/C17H21BrN4O2.HI/c1-19-17(22-12-15-7-3-10-24-15)21-9-4-8-20-16(23)13-5-2-6-14(18)11-13;/h2-3,5-7,10-11H,4,8-9,12H2,1H3,(H,20,23)(H2,19,21,22);1H. The van der Waals surface area contributed by atoms with Crippen LogP contribution in [-0.2, 0) is 6.54 Å². The molecule has 8 heteroatoms. The van der Waals surface area contributed by atoms with Gasteiger partial charge in [-0.05, 0) is 36.8 Å². The Bertz CT molecular complexity index is 677. The molecule has 1 aromatic heterocycles. The lowest BCUT2D eigenvalue weighted by Crippen LogP contribution is -2.38. The van der Waals surface area contributed by atoms with Gasteiger partial charge in [-0.1, -0.05) is 22.0 Å². The molecule has 3 N–H and O–H groups in total. The minimum atomic E-state index is -0.0726. The monoisotopic (exact) mass is 520 g/mol. The molecule has 2 rings (SSSR count). The van der Waals surface area contributed by atoms with E-state index in [-0.39, 0.29) is 29.9 Å². The van der Waals surface area contributed by atoms with Crippen LogP contribution in [0.3, 0.4) is 0 Å². The highest BCUT2D eigenvalue weighted by molar-refractivity contribution is 14.0. The van der Waals surface area contributed by atoms with Crippen molar-refractivity contribution in [3.05, 3.63) is 58.5 Å². The molecule has 1 heterocycles. The second-order valence-electron chi connectivity index (χ2n) is 5.05. The molecular formula is C17H22BrIN4O2. The molecule has 0 aliphatic carbocycles. The zero-order valence-electron chi connectivity index (χ0n) is 13.9. The Balaban J connectivity index is 0.00000312. The van der Waals surface area contributed by atoms with Crippen molar-refractivity contribution in [2.75, 3.05) is 20.1 Å². The van der Waals surface area contributed by atoms with E-state index in [0.717, 1.165) is 16.7 Å². The first-order chi connectivity index (χ1) is 11.7. The van der Waals surface area contributed by atoms with Crippen LogP contribution in [0.15, 0.2) is 56.5 Å². The van der Waals surface area contributed by atoms with Crippen molar-refractivity contribution in [1.82, 2.24) is 16.0 Å². The quantitative estimate of drug-likeness (QED) is 0.227. The minimum absolute atomic E-state index is 0.